The van der Waals surface area contributed by atoms with Crippen molar-refractivity contribution in [2.75, 3.05) is 13.2 Å². The molecule has 1 amide bonds. The molecule has 1 unspecified atom stereocenters. The molecular weight excluding hydrogens is 326 g/mol. The van der Waals surface area contributed by atoms with E-state index >= 15 is 0 Å². The van der Waals surface area contributed by atoms with Crippen molar-refractivity contribution in [2.24, 2.45) is 0 Å². The first-order chi connectivity index (χ1) is 11.6. The Morgan fingerprint density at radius 2 is 1.96 bits per heavy atom. The van der Waals surface area contributed by atoms with Crippen molar-refractivity contribution in [1.82, 2.24) is 5.32 Å². The van der Waals surface area contributed by atoms with Crippen molar-refractivity contribution in [2.45, 2.75) is 25.8 Å². The van der Waals surface area contributed by atoms with Gasteiger partial charge in [0, 0.05) is 17.2 Å². The zero-order valence-electron chi connectivity index (χ0n) is 13.7. The Morgan fingerprint density at radius 3 is 2.67 bits per heavy atom. The second-order valence-corrected chi connectivity index (χ2v) is 5.96. The predicted octanol–water partition coefficient (Wildman–Crippen LogP) is 3.66. The number of hydrogen-bond acceptors (Lipinski definition) is 3. The molecule has 0 aromatic heterocycles. The number of aliphatic hydroxyl groups excluding tert-OH is 1. The number of ether oxygens (including phenoxy) is 1. The Labute approximate surface area is 147 Å². The van der Waals surface area contributed by atoms with Gasteiger partial charge in [0.25, 0.3) is 5.91 Å². The molecule has 0 heterocycles. The molecule has 2 aromatic carbocycles. The molecule has 0 aliphatic heterocycles. The summed E-state index contributed by atoms with van der Waals surface area (Å²) in [5.41, 5.74) is 1.82. The van der Waals surface area contributed by atoms with Gasteiger partial charge in [-0.25, -0.2) is 0 Å². The van der Waals surface area contributed by atoms with E-state index in [9.17, 15) is 4.79 Å². The second-order valence-electron chi connectivity index (χ2n) is 5.55. The SMILES string of the molecule is Cc1c(Cl)cccc1OCC(=O)NC(CCCO)c1ccccc1. The molecule has 0 aliphatic carbocycles. The summed E-state index contributed by atoms with van der Waals surface area (Å²) >= 11 is 6.05. The van der Waals surface area contributed by atoms with Crippen LogP contribution in [-0.2, 0) is 4.79 Å². The maximum absolute atomic E-state index is 12.2. The van der Waals surface area contributed by atoms with Crippen LogP contribution in [0.2, 0.25) is 5.02 Å². The van der Waals surface area contributed by atoms with Crippen LogP contribution < -0.4 is 10.1 Å². The van der Waals surface area contributed by atoms with E-state index in [4.69, 9.17) is 21.4 Å². The molecule has 0 saturated heterocycles. The molecule has 1 atom stereocenters. The first-order valence-electron chi connectivity index (χ1n) is 7.95. The van der Waals surface area contributed by atoms with Crippen LogP contribution in [0.1, 0.15) is 30.0 Å². The Kier molecular flexibility index (Phi) is 7.09. The topological polar surface area (TPSA) is 58.6 Å². The first-order valence-corrected chi connectivity index (χ1v) is 8.32. The van der Waals surface area contributed by atoms with Crippen LogP contribution in [0.15, 0.2) is 48.5 Å². The average molecular weight is 348 g/mol. The third-order valence-electron chi connectivity index (χ3n) is 3.76. The normalized spacial score (nSPS) is 11.8. The molecule has 128 valence electrons. The van der Waals surface area contributed by atoms with E-state index in [1.165, 1.54) is 0 Å². The number of benzene rings is 2. The molecule has 2 N–H and O–H groups in total. The number of carbonyl (C=O) groups excluding carboxylic acids is 1. The molecule has 0 spiro atoms. The van der Waals surface area contributed by atoms with E-state index < -0.39 is 0 Å². The molecule has 0 radical (unpaired) electrons. The lowest BCUT2D eigenvalue weighted by atomic mass is 10.0. The van der Waals surface area contributed by atoms with E-state index in [-0.39, 0.29) is 25.2 Å². The minimum absolute atomic E-state index is 0.0797. The standard InChI is InChI=1S/C19H22ClNO3/c1-14-16(20)9-5-11-18(14)24-13-19(23)21-17(10-6-12-22)15-7-3-2-4-8-15/h2-5,7-9,11,17,22H,6,10,12-13H2,1H3,(H,21,23). The highest BCUT2D eigenvalue weighted by atomic mass is 35.5. The van der Waals surface area contributed by atoms with Crippen LogP contribution in [0.4, 0.5) is 0 Å². The molecular formula is C19H22ClNO3. The van der Waals surface area contributed by atoms with Gasteiger partial charge in [0.05, 0.1) is 6.04 Å². The quantitative estimate of drug-likeness (QED) is 0.766. The van der Waals surface area contributed by atoms with Gasteiger partial charge in [-0.3, -0.25) is 4.79 Å². The number of halogens is 1. The van der Waals surface area contributed by atoms with Crippen molar-refractivity contribution in [3.8, 4) is 5.75 Å². The smallest absolute Gasteiger partial charge is 0.258 e. The van der Waals surface area contributed by atoms with Crippen LogP contribution >= 0.6 is 11.6 Å². The van der Waals surface area contributed by atoms with Gasteiger partial charge >= 0.3 is 0 Å². The van der Waals surface area contributed by atoms with Gasteiger partial charge in [-0.1, -0.05) is 48.0 Å². The lowest BCUT2D eigenvalue weighted by Gasteiger charge is -2.19. The van der Waals surface area contributed by atoms with Crippen LogP contribution in [0, 0.1) is 6.92 Å². The highest BCUT2D eigenvalue weighted by molar-refractivity contribution is 6.31. The summed E-state index contributed by atoms with van der Waals surface area (Å²) in [4.78, 5) is 12.2. The van der Waals surface area contributed by atoms with Crippen LogP contribution in [0.5, 0.6) is 5.75 Å². The van der Waals surface area contributed by atoms with E-state index in [1.54, 1.807) is 18.2 Å². The van der Waals surface area contributed by atoms with Gasteiger partial charge in [-0.2, -0.15) is 0 Å². The van der Waals surface area contributed by atoms with Gasteiger partial charge in [0.1, 0.15) is 5.75 Å². The molecule has 0 aliphatic rings. The molecule has 2 aromatic rings. The maximum Gasteiger partial charge on any atom is 0.258 e. The summed E-state index contributed by atoms with van der Waals surface area (Å²) in [6.45, 7) is 1.87. The zero-order valence-corrected chi connectivity index (χ0v) is 14.4. The number of aliphatic hydroxyl groups is 1. The number of hydrogen-bond donors (Lipinski definition) is 2. The second kappa shape index (κ2) is 9.30. The predicted molar refractivity (Wildman–Crippen MR) is 95.3 cm³/mol. The highest BCUT2D eigenvalue weighted by Gasteiger charge is 2.15. The largest absolute Gasteiger partial charge is 0.483 e. The van der Waals surface area contributed by atoms with Crippen molar-refractivity contribution < 1.29 is 14.6 Å². The fraction of sp³-hybridized carbons (Fsp3) is 0.316. The van der Waals surface area contributed by atoms with Crippen molar-refractivity contribution >= 4 is 17.5 Å². The Bertz CT molecular complexity index is 661. The van der Waals surface area contributed by atoms with Crippen molar-refractivity contribution in [3.63, 3.8) is 0 Å². The van der Waals surface area contributed by atoms with Gasteiger partial charge < -0.3 is 15.2 Å². The summed E-state index contributed by atoms with van der Waals surface area (Å²) in [6, 6.07) is 14.9. The van der Waals surface area contributed by atoms with Gasteiger partial charge in [0.15, 0.2) is 6.61 Å². The minimum atomic E-state index is -0.207. The molecule has 0 saturated carbocycles. The molecule has 0 fully saturated rings. The van der Waals surface area contributed by atoms with Gasteiger partial charge in [-0.05, 0) is 37.5 Å². The fourth-order valence-electron chi connectivity index (χ4n) is 2.43. The third kappa shape index (κ3) is 5.25. The van der Waals surface area contributed by atoms with Gasteiger partial charge in [0.2, 0.25) is 0 Å². The average Bonchev–Trinajstić information content (AvgIpc) is 2.60. The number of amides is 1. The van der Waals surface area contributed by atoms with Crippen LogP contribution in [0.3, 0.4) is 0 Å². The summed E-state index contributed by atoms with van der Waals surface area (Å²) in [5, 5.41) is 12.6. The molecule has 2 rings (SSSR count). The molecule has 5 heteroatoms. The fourth-order valence-corrected chi connectivity index (χ4v) is 2.59. The summed E-state index contributed by atoms with van der Waals surface area (Å²) in [7, 11) is 0. The lowest BCUT2D eigenvalue weighted by Crippen LogP contribution is -2.33. The molecule has 0 bridgehead atoms. The zero-order chi connectivity index (χ0) is 17.4. The third-order valence-corrected chi connectivity index (χ3v) is 4.17. The Balaban J connectivity index is 1.96. The van der Waals surface area contributed by atoms with Crippen molar-refractivity contribution in [1.29, 1.82) is 0 Å². The number of carbonyl (C=O) groups is 1. The van der Waals surface area contributed by atoms with E-state index in [2.05, 4.69) is 5.32 Å². The van der Waals surface area contributed by atoms with Crippen molar-refractivity contribution in [3.05, 3.63) is 64.7 Å². The minimum Gasteiger partial charge on any atom is -0.483 e. The van der Waals surface area contributed by atoms with Crippen LogP contribution in [-0.4, -0.2) is 24.2 Å². The number of rotatable bonds is 8. The first kappa shape index (κ1) is 18.3. The Morgan fingerprint density at radius 1 is 1.21 bits per heavy atom. The molecule has 24 heavy (non-hydrogen) atoms. The highest BCUT2D eigenvalue weighted by Crippen LogP contribution is 2.25. The monoisotopic (exact) mass is 347 g/mol. The van der Waals surface area contributed by atoms with E-state index in [0.29, 0.717) is 23.6 Å². The van der Waals surface area contributed by atoms with Gasteiger partial charge in [-0.15, -0.1) is 0 Å². The van der Waals surface area contributed by atoms with E-state index in [1.807, 2.05) is 37.3 Å². The maximum atomic E-state index is 12.2. The van der Waals surface area contributed by atoms with Crippen LogP contribution in [0.25, 0.3) is 0 Å². The summed E-state index contributed by atoms with van der Waals surface area (Å²) in [5.74, 6) is 0.394. The molecule has 4 nitrogen and oxygen atoms in total. The van der Waals surface area contributed by atoms with E-state index in [0.717, 1.165) is 11.1 Å². The Hall–Kier alpha value is -2.04. The lowest BCUT2D eigenvalue weighted by molar-refractivity contribution is -0.123. The summed E-state index contributed by atoms with van der Waals surface area (Å²) < 4.78 is 5.57. The number of nitrogens with one attached hydrogen (secondary N) is 1. The summed E-state index contributed by atoms with van der Waals surface area (Å²) in [6.07, 6.45) is 1.29.